The number of carbonyl (C=O) groups excluding carboxylic acids is 2. The fraction of sp³-hybridized carbons (Fsp3) is 0.150. The summed E-state index contributed by atoms with van der Waals surface area (Å²) in [6.45, 7) is 2.33. The van der Waals surface area contributed by atoms with Crippen molar-refractivity contribution in [3.8, 4) is 0 Å². The molecule has 0 spiro atoms. The van der Waals surface area contributed by atoms with E-state index >= 15 is 0 Å². The third-order valence-corrected chi connectivity index (χ3v) is 5.53. The number of fused-ring (bicyclic) bond motifs is 1. The van der Waals surface area contributed by atoms with Gasteiger partial charge in [0, 0.05) is 24.7 Å². The molecule has 142 valence electrons. The van der Waals surface area contributed by atoms with Gasteiger partial charge in [-0.1, -0.05) is 12.1 Å². The highest BCUT2D eigenvalue weighted by atomic mass is 32.1. The number of amides is 2. The van der Waals surface area contributed by atoms with Crippen LogP contribution in [0.25, 0.3) is 10.2 Å². The first-order chi connectivity index (χ1) is 13.5. The SMILES string of the molecule is Cc1nn(C)c2sc(C(=O)NCc3ccc(NC(=O)c4ccco4)cc3)cc12. The van der Waals surface area contributed by atoms with Crippen molar-refractivity contribution >= 4 is 39.1 Å². The van der Waals surface area contributed by atoms with E-state index in [1.54, 1.807) is 28.9 Å². The molecular formula is C20H18N4O3S. The fourth-order valence-electron chi connectivity index (χ4n) is 2.89. The van der Waals surface area contributed by atoms with Crippen molar-refractivity contribution < 1.29 is 14.0 Å². The van der Waals surface area contributed by atoms with Crippen molar-refractivity contribution in [2.24, 2.45) is 7.05 Å². The standard InChI is InChI=1S/C20H18N4O3S/c1-12-15-10-17(28-20(15)24(2)23-12)19(26)21-11-13-5-7-14(8-6-13)22-18(25)16-4-3-9-27-16/h3-10H,11H2,1-2H3,(H,21,26)(H,22,25). The molecule has 2 N–H and O–H groups in total. The van der Waals surface area contributed by atoms with Gasteiger partial charge in [-0.25, -0.2) is 0 Å². The maximum atomic E-state index is 12.5. The molecule has 3 aromatic heterocycles. The summed E-state index contributed by atoms with van der Waals surface area (Å²) in [6, 6.07) is 12.4. The molecule has 0 aliphatic heterocycles. The molecule has 0 aliphatic carbocycles. The van der Waals surface area contributed by atoms with Crippen LogP contribution in [-0.2, 0) is 13.6 Å². The summed E-state index contributed by atoms with van der Waals surface area (Å²) in [6.07, 6.45) is 1.45. The van der Waals surface area contributed by atoms with Crippen molar-refractivity contribution in [3.05, 3.63) is 70.6 Å². The highest BCUT2D eigenvalue weighted by molar-refractivity contribution is 7.20. The van der Waals surface area contributed by atoms with Gasteiger partial charge in [-0.3, -0.25) is 14.3 Å². The lowest BCUT2D eigenvalue weighted by molar-refractivity contribution is 0.0954. The molecule has 3 heterocycles. The molecule has 0 fully saturated rings. The van der Waals surface area contributed by atoms with E-state index in [0.29, 0.717) is 17.1 Å². The summed E-state index contributed by atoms with van der Waals surface area (Å²) < 4.78 is 6.86. The van der Waals surface area contributed by atoms with E-state index in [2.05, 4.69) is 15.7 Å². The van der Waals surface area contributed by atoms with Crippen molar-refractivity contribution in [2.45, 2.75) is 13.5 Å². The monoisotopic (exact) mass is 394 g/mol. The molecule has 1 aromatic carbocycles. The van der Waals surface area contributed by atoms with E-state index < -0.39 is 0 Å². The number of nitrogens with zero attached hydrogens (tertiary/aromatic N) is 2. The number of thiophene rings is 1. The summed E-state index contributed by atoms with van der Waals surface area (Å²) in [5.41, 5.74) is 2.51. The third-order valence-electron chi connectivity index (χ3n) is 4.33. The second kappa shape index (κ2) is 7.32. The lowest BCUT2D eigenvalue weighted by atomic mass is 10.2. The van der Waals surface area contributed by atoms with Crippen LogP contribution in [0.1, 0.15) is 31.5 Å². The topological polar surface area (TPSA) is 89.2 Å². The lowest BCUT2D eigenvalue weighted by Gasteiger charge is -2.06. The maximum Gasteiger partial charge on any atom is 0.291 e. The van der Waals surface area contributed by atoms with Crippen LogP contribution in [0.15, 0.2) is 53.1 Å². The average molecular weight is 394 g/mol. The van der Waals surface area contributed by atoms with Crippen molar-refractivity contribution in [1.29, 1.82) is 0 Å². The zero-order valence-electron chi connectivity index (χ0n) is 15.4. The molecule has 0 radical (unpaired) electrons. The third kappa shape index (κ3) is 3.54. The van der Waals surface area contributed by atoms with E-state index in [-0.39, 0.29) is 17.6 Å². The van der Waals surface area contributed by atoms with Crippen LogP contribution in [-0.4, -0.2) is 21.6 Å². The number of nitrogens with one attached hydrogen (secondary N) is 2. The van der Waals surface area contributed by atoms with Crippen LogP contribution in [0.2, 0.25) is 0 Å². The summed E-state index contributed by atoms with van der Waals surface area (Å²) in [4.78, 5) is 26.1. The molecule has 4 aromatic rings. The first kappa shape index (κ1) is 18.0. The minimum absolute atomic E-state index is 0.115. The van der Waals surface area contributed by atoms with Crippen LogP contribution in [0, 0.1) is 6.92 Å². The molecule has 0 saturated heterocycles. The van der Waals surface area contributed by atoms with Gasteiger partial charge in [0.15, 0.2) is 5.76 Å². The molecule has 0 unspecified atom stereocenters. The quantitative estimate of drug-likeness (QED) is 0.540. The lowest BCUT2D eigenvalue weighted by Crippen LogP contribution is -2.21. The molecule has 0 bridgehead atoms. The minimum Gasteiger partial charge on any atom is -0.459 e. The van der Waals surface area contributed by atoms with Crippen LogP contribution in [0.4, 0.5) is 5.69 Å². The number of anilines is 1. The van der Waals surface area contributed by atoms with Gasteiger partial charge in [0.25, 0.3) is 11.8 Å². The Kier molecular flexibility index (Phi) is 4.70. The number of furan rings is 1. The Bertz CT molecular complexity index is 1110. The van der Waals surface area contributed by atoms with Gasteiger partial charge in [-0.2, -0.15) is 5.10 Å². The Morgan fingerprint density at radius 2 is 1.96 bits per heavy atom. The van der Waals surface area contributed by atoms with E-state index in [4.69, 9.17) is 4.42 Å². The number of hydrogen-bond acceptors (Lipinski definition) is 5. The zero-order chi connectivity index (χ0) is 19.7. The molecule has 28 heavy (non-hydrogen) atoms. The van der Waals surface area contributed by atoms with Gasteiger partial charge in [0.1, 0.15) is 4.83 Å². The Morgan fingerprint density at radius 3 is 2.64 bits per heavy atom. The molecule has 4 rings (SSSR count). The fourth-order valence-corrected chi connectivity index (χ4v) is 3.93. The number of carbonyl (C=O) groups is 2. The molecular weight excluding hydrogens is 376 g/mol. The average Bonchev–Trinajstić information content (AvgIpc) is 3.41. The van der Waals surface area contributed by atoms with Gasteiger partial charge < -0.3 is 15.1 Å². The normalized spacial score (nSPS) is 10.9. The van der Waals surface area contributed by atoms with Crippen LogP contribution in [0.5, 0.6) is 0 Å². The second-order valence-electron chi connectivity index (χ2n) is 6.35. The van der Waals surface area contributed by atoms with E-state index in [1.165, 1.54) is 17.6 Å². The summed E-state index contributed by atoms with van der Waals surface area (Å²) in [7, 11) is 1.87. The zero-order valence-corrected chi connectivity index (χ0v) is 16.2. The number of benzene rings is 1. The van der Waals surface area contributed by atoms with Crippen molar-refractivity contribution in [1.82, 2.24) is 15.1 Å². The molecule has 2 amide bonds. The van der Waals surface area contributed by atoms with E-state index in [1.807, 2.05) is 32.2 Å². The highest BCUT2D eigenvalue weighted by Gasteiger charge is 2.15. The van der Waals surface area contributed by atoms with E-state index in [9.17, 15) is 9.59 Å². The van der Waals surface area contributed by atoms with Crippen LogP contribution in [0.3, 0.4) is 0 Å². The minimum atomic E-state index is -0.305. The van der Waals surface area contributed by atoms with Crippen molar-refractivity contribution in [2.75, 3.05) is 5.32 Å². The molecule has 8 heteroatoms. The van der Waals surface area contributed by atoms with Crippen LogP contribution >= 0.6 is 11.3 Å². The Morgan fingerprint density at radius 1 is 1.18 bits per heavy atom. The number of aryl methyl sites for hydroxylation is 2. The van der Waals surface area contributed by atoms with Gasteiger partial charge in [0.05, 0.1) is 16.8 Å². The summed E-state index contributed by atoms with van der Waals surface area (Å²) in [5, 5.41) is 11.0. The first-order valence-corrected chi connectivity index (χ1v) is 9.48. The highest BCUT2D eigenvalue weighted by Crippen LogP contribution is 2.27. The molecule has 0 aliphatic rings. The Labute approximate surface area is 165 Å². The predicted molar refractivity (Wildman–Crippen MR) is 108 cm³/mol. The maximum absolute atomic E-state index is 12.5. The second-order valence-corrected chi connectivity index (χ2v) is 7.38. The van der Waals surface area contributed by atoms with Gasteiger partial charge >= 0.3 is 0 Å². The van der Waals surface area contributed by atoms with Gasteiger partial charge in [-0.05, 0) is 42.8 Å². The molecule has 0 saturated carbocycles. The molecule has 7 nitrogen and oxygen atoms in total. The summed E-state index contributed by atoms with van der Waals surface area (Å²) >= 11 is 1.43. The smallest absolute Gasteiger partial charge is 0.291 e. The molecule has 0 atom stereocenters. The summed E-state index contributed by atoms with van der Waals surface area (Å²) in [5.74, 6) is -0.165. The van der Waals surface area contributed by atoms with Gasteiger partial charge in [0.2, 0.25) is 0 Å². The number of aromatic nitrogens is 2. The number of rotatable bonds is 5. The van der Waals surface area contributed by atoms with E-state index in [0.717, 1.165) is 21.5 Å². The van der Waals surface area contributed by atoms with Crippen molar-refractivity contribution in [3.63, 3.8) is 0 Å². The van der Waals surface area contributed by atoms with Gasteiger partial charge in [-0.15, -0.1) is 11.3 Å². The Hall–Kier alpha value is -3.39. The van der Waals surface area contributed by atoms with Crippen LogP contribution < -0.4 is 10.6 Å². The first-order valence-electron chi connectivity index (χ1n) is 8.66. The Balaban J connectivity index is 1.37. The largest absolute Gasteiger partial charge is 0.459 e. The predicted octanol–water partition coefficient (Wildman–Crippen LogP) is 3.72. The number of hydrogen-bond donors (Lipinski definition) is 2.